The Kier molecular flexibility index (Phi) is 5.56. The molecular formula is C12H23ClN2O. The third kappa shape index (κ3) is 3.11. The van der Waals surface area contributed by atoms with Crippen LogP contribution in [0.2, 0.25) is 0 Å². The molecule has 0 saturated carbocycles. The summed E-state index contributed by atoms with van der Waals surface area (Å²) in [6, 6.07) is 0.459. The Morgan fingerprint density at radius 3 is 2.75 bits per heavy atom. The number of amides is 1. The normalized spacial score (nSPS) is 30.7. The quantitative estimate of drug-likeness (QED) is 0.766. The van der Waals surface area contributed by atoms with E-state index in [4.69, 9.17) is 0 Å². The Bertz CT molecular complexity index is 229. The van der Waals surface area contributed by atoms with Crippen LogP contribution in [0.25, 0.3) is 0 Å². The molecule has 0 aromatic rings. The predicted molar refractivity (Wildman–Crippen MR) is 67.9 cm³/mol. The highest BCUT2D eigenvalue weighted by Gasteiger charge is 2.30. The van der Waals surface area contributed by atoms with Crippen molar-refractivity contribution in [2.45, 2.75) is 45.1 Å². The second kappa shape index (κ2) is 6.45. The molecule has 0 aliphatic carbocycles. The highest BCUT2D eigenvalue weighted by molar-refractivity contribution is 5.85. The van der Waals surface area contributed by atoms with E-state index < -0.39 is 0 Å². The molecular weight excluding hydrogens is 224 g/mol. The molecule has 3 nitrogen and oxygen atoms in total. The fourth-order valence-electron chi connectivity index (χ4n) is 2.70. The molecule has 2 heterocycles. The summed E-state index contributed by atoms with van der Waals surface area (Å²) in [6.07, 6.45) is 5.98. The highest BCUT2D eigenvalue weighted by atomic mass is 35.5. The van der Waals surface area contributed by atoms with Crippen LogP contribution in [0, 0.1) is 5.92 Å². The summed E-state index contributed by atoms with van der Waals surface area (Å²) >= 11 is 0. The van der Waals surface area contributed by atoms with Gasteiger partial charge in [0, 0.05) is 19.1 Å². The van der Waals surface area contributed by atoms with Gasteiger partial charge < -0.3 is 10.2 Å². The Labute approximate surface area is 104 Å². The average molecular weight is 247 g/mol. The first-order valence-corrected chi connectivity index (χ1v) is 6.30. The molecule has 1 unspecified atom stereocenters. The zero-order valence-corrected chi connectivity index (χ0v) is 10.9. The molecule has 0 aromatic carbocycles. The van der Waals surface area contributed by atoms with Gasteiger partial charge in [-0.2, -0.15) is 0 Å². The van der Waals surface area contributed by atoms with Gasteiger partial charge >= 0.3 is 0 Å². The van der Waals surface area contributed by atoms with Crippen molar-refractivity contribution in [2.75, 3.05) is 19.6 Å². The summed E-state index contributed by atoms with van der Waals surface area (Å²) in [4.78, 5) is 14.4. The van der Waals surface area contributed by atoms with Gasteiger partial charge in [-0.3, -0.25) is 4.79 Å². The molecule has 0 spiro atoms. The van der Waals surface area contributed by atoms with Crippen LogP contribution in [-0.4, -0.2) is 36.5 Å². The van der Waals surface area contributed by atoms with Crippen molar-refractivity contribution in [1.29, 1.82) is 0 Å². The van der Waals surface area contributed by atoms with Gasteiger partial charge in [0.2, 0.25) is 5.91 Å². The van der Waals surface area contributed by atoms with Crippen molar-refractivity contribution in [2.24, 2.45) is 5.92 Å². The van der Waals surface area contributed by atoms with Gasteiger partial charge in [-0.1, -0.05) is 12.8 Å². The van der Waals surface area contributed by atoms with Gasteiger partial charge in [0.15, 0.2) is 0 Å². The van der Waals surface area contributed by atoms with Crippen LogP contribution < -0.4 is 5.32 Å². The van der Waals surface area contributed by atoms with Gasteiger partial charge in [0.25, 0.3) is 0 Å². The lowest BCUT2D eigenvalue weighted by Crippen LogP contribution is -2.42. The molecule has 1 amide bonds. The van der Waals surface area contributed by atoms with Gasteiger partial charge in [0.1, 0.15) is 0 Å². The first-order chi connectivity index (χ1) is 7.29. The molecule has 1 N–H and O–H groups in total. The molecule has 2 aliphatic rings. The molecule has 2 atom stereocenters. The van der Waals surface area contributed by atoms with E-state index in [0.29, 0.717) is 11.9 Å². The molecule has 4 heteroatoms. The maximum atomic E-state index is 12.2. The fourth-order valence-corrected chi connectivity index (χ4v) is 2.70. The van der Waals surface area contributed by atoms with Crippen LogP contribution in [-0.2, 0) is 4.79 Å². The van der Waals surface area contributed by atoms with Crippen LogP contribution in [0.5, 0.6) is 0 Å². The fraction of sp³-hybridized carbons (Fsp3) is 0.917. The van der Waals surface area contributed by atoms with Crippen LogP contribution in [0.3, 0.4) is 0 Å². The third-order valence-electron chi connectivity index (χ3n) is 3.75. The molecule has 94 valence electrons. The molecule has 2 saturated heterocycles. The zero-order chi connectivity index (χ0) is 10.7. The number of hydrogen-bond acceptors (Lipinski definition) is 2. The Morgan fingerprint density at radius 2 is 2.06 bits per heavy atom. The highest BCUT2D eigenvalue weighted by Crippen LogP contribution is 2.20. The average Bonchev–Trinajstić information content (AvgIpc) is 2.68. The maximum Gasteiger partial charge on any atom is 0.227 e. The van der Waals surface area contributed by atoms with Gasteiger partial charge in [-0.15, -0.1) is 12.4 Å². The largest absolute Gasteiger partial charge is 0.340 e. The van der Waals surface area contributed by atoms with Crippen molar-refractivity contribution >= 4 is 18.3 Å². The van der Waals surface area contributed by atoms with Crippen LogP contribution in [0.15, 0.2) is 0 Å². The summed E-state index contributed by atoms with van der Waals surface area (Å²) in [5.41, 5.74) is 0. The van der Waals surface area contributed by atoms with E-state index in [1.165, 1.54) is 25.7 Å². The number of hydrogen-bond donors (Lipinski definition) is 1. The van der Waals surface area contributed by atoms with Crippen molar-refractivity contribution in [3.63, 3.8) is 0 Å². The number of nitrogens with zero attached hydrogens (tertiary/aromatic N) is 1. The standard InChI is InChI=1S/C12H22N2O.ClH/c1-10-5-3-2-4-8-14(10)12(15)11-6-7-13-9-11;/h10-11,13H,2-9H2,1H3;1H/t10?,11-;/m1./s1. The monoisotopic (exact) mass is 246 g/mol. The Hall–Kier alpha value is -0.280. The van der Waals surface area contributed by atoms with E-state index >= 15 is 0 Å². The topological polar surface area (TPSA) is 32.3 Å². The molecule has 2 rings (SSSR count). The molecule has 16 heavy (non-hydrogen) atoms. The van der Waals surface area contributed by atoms with E-state index in [-0.39, 0.29) is 18.3 Å². The van der Waals surface area contributed by atoms with Crippen molar-refractivity contribution in [3.8, 4) is 0 Å². The van der Waals surface area contributed by atoms with Crippen LogP contribution >= 0.6 is 12.4 Å². The smallest absolute Gasteiger partial charge is 0.227 e. The molecule has 2 fully saturated rings. The number of likely N-dealkylation sites (tertiary alicyclic amines) is 1. The van der Waals surface area contributed by atoms with Crippen molar-refractivity contribution in [1.82, 2.24) is 10.2 Å². The summed E-state index contributed by atoms with van der Waals surface area (Å²) in [7, 11) is 0. The van der Waals surface area contributed by atoms with Crippen LogP contribution in [0.1, 0.15) is 39.0 Å². The second-order valence-electron chi connectivity index (χ2n) is 4.92. The van der Waals surface area contributed by atoms with E-state index in [1.807, 2.05) is 0 Å². The molecule has 2 aliphatic heterocycles. The Morgan fingerprint density at radius 1 is 1.25 bits per heavy atom. The summed E-state index contributed by atoms with van der Waals surface area (Å²) in [6.45, 7) is 5.09. The lowest BCUT2D eigenvalue weighted by molar-refractivity contribution is -0.136. The zero-order valence-electron chi connectivity index (χ0n) is 10.1. The minimum Gasteiger partial charge on any atom is -0.340 e. The number of halogens is 1. The molecule has 0 aromatic heterocycles. The van der Waals surface area contributed by atoms with E-state index in [9.17, 15) is 4.79 Å². The number of rotatable bonds is 1. The predicted octanol–water partition coefficient (Wildman–Crippen LogP) is 1.81. The minimum atomic E-state index is 0. The number of carbonyl (C=O) groups is 1. The van der Waals surface area contributed by atoms with E-state index in [0.717, 1.165) is 26.1 Å². The number of nitrogens with one attached hydrogen (secondary N) is 1. The first-order valence-electron chi connectivity index (χ1n) is 6.30. The lowest BCUT2D eigenvalue weighted by atomic mass is 10.1. The molecule has 0 radical (unpaired) electrons. The summed E-state index contributed by atoms with van der Waals surface area (Å²) in [5.74, 6) is 0.653. The van der Waals surface area contributed by atoms with Gasteiger partial charge in [0.05, 0.1) is 5.92 Å². The summed E-state index contributed by atoms with van der Waals surface area (Å²) < 4.78 is 0. The van der Waals surface area contributed by atoms with E-state index in [1.54, 1.807) is 0 Å². The SMILES string of the molecule is CC1CCCCCN1C(=O)[C@@H]1CCNC1.Cl. The van der Waals surface area contributed by atoms with Gasteiger partial charge in [-0.05, 0) is 32.7 Å². The Balaban J connectivity index is 0.00000128. The van der Waals surface area contributed by atoms with Crippen molar-refractivity contribution < 1.29 is 4.79 Å². The second-order valence-corrected chi connectivity index (χ2v) is 4.92. The van der Waals surface area contributed by atoms with E-state index in [2.05, 4.69) is 17.1 Å². The minimum absolute atomic E-state index is 0. The third-order valence-corrected chi connectivity index (χ3v) is 3.75. The van der Waals surface area contributed by atoms with Gasteiger partial charge in [-0.25, -0.2) is 0 Å². The maximum absolute atomic E-state index is 12.2. The number of carbonyl (C=O) groups excluding carboxylic acids is 1. The first kappa shape index (κ1) is 13.8. The van der Waals surface area contributed by atoms with Crippen LogP contribution in [0.4, 0.5) is 0 Å². The van der Waals surface area contributed by atoms with Crippen molar-refractivity contribution in [3.05, 3.63) is 0 Å². The molecule has 0 bridgehead atoms. The lowest BCUT2D eigenvalue weighted by Gasteiger charge is -2.29. The summed E-state index contributed by atoms with van der Waals surface area (Å²) in [5, 5.41) is 3.28.